The van der Waals surface area contributed by atoms with Gasteiger partial charge in [0.2, 0.25) is 0 Å². The number of hydrogen-bond donors (Lipinski definition) is 1. The summed E-state index contributed by atoms with van der Waals surface area (Å²) >= 11 is 5.97. The van der Waals surface area contributed by atoms with Crippen LogP contribution < -0.4 is 0 Å². The quantitative estimate of drug-likeness (QED) is 0.607. The first-order chi connectivity index (χ1) is 7.75. The monoisotopic (exact) mass is 235 g/mol. The summed E-state index contributed by atoms with van der Waals surface area (Å²) in [5, 5.41) is 10.8. The lowest BCUT2D eigenvalue weighted by molar-refractivity contribution is 0.211. The van der Waals surface area contributed by atoms with Gasteiger partial charge in [0.05, 0.1) is 17.5 Å². The molecule has 0 saturated carbocycles. The van der Waals surface area contributed by atoms with Gasteiger partial charge in [-0.25, -0.2) is 9.97 Å². The van der Waals surface area contributed by atoms with Gasteiger partial charge >= 0.3 is 0 Å². The van der Waals surface area contributed by atoms with Crippen molar-refractivity contribution < 1.29 is 5.11 Å². The van der Waals surface area contributed by atoms with E-state index in [1.807, 2.05) is 22.9 Å². The molecule has 4 nitrogen and oxygen atoms in total. The first-order valence-corrected chi connectivity index (χ1v) is 5.47. The maximum atomic E-state index is 9.47. The highest BCUT2D eigenvalue weighted by molar-refractivity contribution is 6.33. The molecule has 0 spiro atoms. The molecule has 0 unspecified atom stereocenters. The Morgan fingerprint density at radius 1 is 1.38 bits per heavy atom. The molecule has 0 aliphatic heterocycles. The van der Waals surface area contributed by atoms with E-state index < -0.39 is 0 Å². The Labute approximate surface area is 97.2 Å². The van der Waals surface area contributed by atoms with Crippen LogP contribution in [0.2, 0.25) is 5.15 Å². The standard InChI is InChI=1S/C11H10ClN3O/c12-10-9-3-4-15(11(9)14-6-13-10)7-1-2-8(16)5-7/h1-4,6-8,16H,5H2/t7-,8+/m1/s1. The van der Waals surface area contributed by atoms with Gasteiger partial charge in [0, 0.05) is 12.6 Å². The van der Waals surface area contributed by atoms with E-state index in [-0.39, 0.29) is 12.1 Å². The van der Waals surface area contributed by atoms with Crippen LogP contribution in [0.1, 0.15) is 12.5 Å². The Balaban J connectivity index is 2.12. The van der Waals surface area contributed by atoms with E-state index in [9.17, 15) is 5.11 Å². The zero-order valence-corrected chi connectivity index (χ0v) is 9.17. The van der Waals surface area contributed by atoms with E-state index in [2.05, 4.69) is 9.97 Å². The number of allylic oxidation sites excluding steroid dienone is 1. The van der Waals surface area contributed by atoms with Crippen LogP contribution in [0.25, 0.3) is 11.0 Å². The Morgan fingerprint density at radius 3 is 3.00 bits per heavy atom. The molecule has 0 bridgehead atoms. The second kappa shape index (κ2) is 3.57. The van der Waals surface area contributed by atoms with Gasteiger partial charge in [-0.15, -0.1) is 0 Å². The van der Waals surface area contributed by atoms with Gasteiger partial charge in [-0.1, -0.05) is 23.8 Å². The topological polar surface area (TPSA) is 50.9 Å². The highest BCUT2D eigenvalue weighted by Gasteiger charge is 2.20. The van der Waals surface area contributed by atoms with Gasteiger partial charge in [0.1, 0.15) is 17.1 Å². The van der Waals surface area contributed by atoms with Gasteiger partial charge < -0.3 is 9.67 Å². The Kier molecular flexibility index (Phi) is 2.19. The van der Waals surface area contributed by atoms with Crippen molar-refractivity contribution in [2.45, 2.75) is 18.6 Å². The molecule has 0 fully saturated rings. The molecule has 0 aromatic carbocycles. The minimum absolute atomic E-state index is 0.151. The minimum atomic E-state index is -0.361. The number of rotatable bonds is 1. The van der Waals surface area contributed by atoms with Crippen LogP contribution >= 0.6 is 11.6 Å². The van der Waals surface area contributed by atoms with E-state index in [1.165, 1.54) is 6.33 Å². The summed E-state index contributed by atoms with van der Waals surface area (Å²) < 4.78 is 2.01. The van der Waals surface area contributed by atoms with Gasteiger partial charge in [0.15, 0.2) is 0 Å². The minimum Gasteiger partial charge on any atom is -0.389 e. The van der Waals surface area contributed by atoms with Crippen molar-refractivity contribution in [3.8, 4) is 0 Å². The van der Waals surface area contributed by atoms with Crippen LogP contribution in [0.5, 0.6) is 0 Å². The van der Waals surface area contributed by atoms with Crippen LogP contribution in [0.15, 0.2) is 30.7 Å². The summed E-state index contributed by atoms with van der Waals surface area (Å²) in [7, 11) is 0. The third-order valence-electron chi connectivity index (χ3n) is 2.86. The van der Waals surface area contributed by atoms with Crippen molar-refractivity contribution in [3.05, 3.63) is 35.9 Å². The predicted molar refractivity (Wildman–Crippen MR) is 61.3 cm³/mol. The molecule has 1 N–H and O–H groups in total. The van der Waals surface area contributed by atoms with Crippen LogP contribution in [0.3, 0.4) is 0 Å². The Bertz CT molecular complexity index is 563. The number of nitrogens with zero attached hydrogens (tertiary/aromatic N) is 3. The third kappa shape index (κ3) is 1.42. The maximum Gasteiger partial charge on any atom is 0.145 e. The fourth-order valence-corrected chi connectivity index (χ4v) is 2.27. The summed E-state index contributed by atoms with van der Waals surface area (Å²) in [4.78, 5) is 8.16. The normalized spacial score (nSPS) is 24.4. The first kappa shape index (κ1) is 9.81. The van der Waals surface area contributed by atoms with E-state index in [4.69, 9.17) is 11.6 Å². The number of halogens is 1. The van der Waals surface area contributed by atoms with Crippen molar-refractivity contribution in [3.63, 3.8) is 0 Å². The number of aliphatic hydroxyl groups excluding tert-OH is 1. The summed E-state index contributed by atoms with van der Waals surface area (Å²) in [5.41, 5.74) is 0.809. The summed E-state index contributed by atoms with van der Waals surface area (Å²) in [6.45, 7) is 0. The molecule has 82 valence electrons. The van der Waals surface area contributed by atoms with Gasteiger partial charge in [-0.3, -0.25) is 0 Å². The average molecular weight is 236 g/mol. The molecule has 1 aliphatic rings. The second-order valence-electron chi connectivity index (χ2n) is 3.88. The van der Waals surface area contributed by atoms with Crippen LogP contribution in [0.4, 0.5) is 0 Å². The third-order valence-corrected chi connectivity index (χ3v) is 3.16. The maximum absolute atomic E-state index is 9.47. The molecule has 2 aromatic heterocycles. The molecule has 1 aliphatic carbocycles. The fraction of sp³-hybridized carbons (Fsp3) is 0.273. The highest BCUT2D eigenvalue weighted by atomic mass is 35.5. The number of fused-ring (bicyclic) bond motifs is 1. The molecule has 2 aromatic rings. The van der Waals surface area contributed by atoms with Gasteiger partial charge in [-0.05, 0) is 6.07 Å². The van der Waals surface area contributed by atoms with E-state index in [0.29, 0.717) is 11.6 Å². The summed E-state index contributed by atoms with van der Waals surface area (Å²) in [5.74, 6) is 0. The molecule has 0 radical (unpaired) electrons. The lowest BCUT2D eigenvalue weighted by Gasteiger charge is -2.11. The smallest absolute Gasteiger partial charge is 0.145 e. The number of hydrogen-bond acceptors (Lipinski definition) is 3. The van der Waals surface area contributed by atoms with Gasteiger partial charge in [0.25, 0.3) is 0 Å². The fourth-order valence-electron chi connectivity index (χ4n) is 2.08. The largest absolute Gasteiger partial charge is 0.389 e. The Hall–Kier alpha value is -1.39. The molecule has 2 atom stereocenters. The SMILES string of the molecule is O[C@H]1C=C[C@@H](n2ccc3c(Cl)ncnc32)C1. The van der Waals surface area contributed by atoms with Crippen LogP contribution in [-0.4, -0.2) is 25.7 Å². The van der Waals surface area contributed by atoms with Crippen LogP contribution in [0, 0.1) is 0 Å². The molecule has 5 heteroatoms. The zero-order valence-electron chi connectivity index (χ0n) is 8.42. The molecular weight excluding hydrogens is 226 g/mol. The van der Waals surface area contributed by atoms with E-state index in [0.717, 1.165) is 11.0 Å². The van der Waals surface area contributed by atoms with E-state index >= 15 is 0 Å². The van der Waals surface area contributed by atoms with Crippen molar-refractivity contribution in [2.75, 3.05) is 0 Å². The lowest BCUT2D eigenvalue weighted by atomic mass is 10.2. The summed E-state index contributed by atoms with van der Waals surface area (Å²) in [6.07, 6.45) is 7.50. The van der Waals surface area contributed by atoms with Crippen molar-refractivity contribution >= 4 is 22.6 Å². The number of aliphatic hydroxyl groups is 1. The average Bonchev–Trinajstić information content (AvgIpc) is 2.84. The second-order valence-corrected chi connectivity index (χ2v) is 4.24. The molecule has 0 amide bonds. The number of aromatic nitrogens is 3. The molecule has 16 heavy (non-hydrogen) atoms. The molecule has 3 rings (SSSR count). The zero-order chi connectivity index (χ0) is 11.1. The van der Waals surface area contributed by atoms with Crippen molar-refractivity contribution in [2.24, 2.45) is 0 Å². The first-order valence-electron chi connectivity index (χ1n) is 5.09. The van der Waals surface area contributed by atoms with E-state index in [1.54, 1.807) is 6.08 Å². The molecule has 0 saturated heterocycles. The summed E-state index contributed by atoms with van der Waals surface area (Å²) in [6, 6.07) is 2.05. The molecule has 2 heterocycles. The highest BCUT2D eigenvalue weighted by Crippen LogP contribution is 2.28. The van der Waals surface area contributed by atoms with Crippen molar-refractivity contribution in [1.29, 1.82) is 0 Å². The molecular formula is C11H10ClN3O. The van der Waals surface area contributed by atoms with Gasteiger partial charge in [-0.2, -0.15) is 0 Å². The van der Waals surface area contributed by atoms with Crippen molar-refractivity contribution in [1.82, 2.24) is 14.5 Å². The lowest BCUT2D eigenvalue weighted by Crippen LogP contribution is -2.07. The predicted octanol–water partition coefficient (Wildman–Crippen LogP) is 1.95. The van der Waals surface area contributed by atoms with Crippen LogP contribution in [-0.2, 0) is 0 Å². The Morgan fingerprint density at radius 2 is 2.25 bits per heavy atom.